The molecular weight excluding hydrogens is 456 g/mol. The first kappa shape index (κ1) is 24.1. The van der Waals surface area contributed by atoms with Crippen molar-refractivity contribution in [2.24, 2.45) is 0 Å². The maximum absolute atomic E-state index is 13.1. The van der Waals surface area contributed by atoms with Gasteiger partial charge in [-0.2, -0.15) is 0 Å². The summed E-state index contributed by atoms with van der Waals surface area (Å²) < 4.78 is 0. The van der Waals surface area contributed by atoms with Gasteiger partial charge in [0, 0.05) is 49.2 Å². The van der Waals surface area contributed by atoms with E-state index in [-0.39, 0.29) is 24.0 Å². The summed E-state index contributed by atoms with van der Waals surface area (Å²) >= 11 is 0. The Kier molecular flexibility index (Phi) is 6.77. The second kappa shape index (κ2) is 10.1. The number of hydrogen-bond acceptors (Lipinski definition) is 6. The van der Waals surface area contributed by atoms with E-state index in [0.717, 1.165) is 48.3 Å². The van der Waals surface area contributed by atoms with Crippen LogP contribution in [0.5, 0.6) is 0 Å². The average molecular weight is 491 g/mol. The number of fused-ring (bicyclic) bond motifs is 1. The number of piperidine rings is 1. The Morgan fingerprint density at radius 1 is 1.11 bits per heavy atom. The molecule has 2 saturated heterocycles. The molecule has 2 fully saturated rings. The van der Waals surface area contributed by atoms with Gasteiger partial charge >= 0.3 is 6.03 Å². The van der Waals surface area contributed by atoms with Crippen molar-refractivity contribution in [2.75, 3.05) is 50.0 Å². The van der Waals surface area contributed by atoms with Gasteiger partial charge in [-0.3, -0.25) is 4.79 Å². The minimum Gasteiger partial charge on any atom is -0.352 e. The third kappa shape index (κ3) is 4.99. The summed E-state index contributed by atoms with van der Waals surface area (Å²) in [6.07, 6.45) is 5.42. The molecule has 3 N–H and O–H groups in total. The topological polar surface area (TPSA) is 109 Å². The molecule has 0 spiro atoms. The number of amides is 3. The van der Waals surface area contributed by atoms with Crippen LogP contribution in [0.15, 0.2) is 36.8 Å². The lowest BCUT2D eigenvalue weighted by Crippen LogP contribution is -2.55. The summed E-state index contributed by atoms with van der Waals surface area (Å²) in [6.45, 7) is 7.97. The van der Waals surface area contributed by atoms with E-state index < -0.39 is 0 Å². The number of piperazine rings is 1. The molecule has 10 heteroatoms. The first-order valence-electron chi connectivity index (χ1n) is 12.6. The molecule has 2 aromatic heterocycles. The van der Waals surface area contributed by atoms with Gasteiger partial charge in [0.2, 0.25) is 0 Å². The third-order valence-electron chi connectivity index (χ3n) is 7.26. The summed E-state index contributed by atoms with van der Waals surface area (Å²) in [7, 11) is 2.10. The summed E-state index contributed by atoms with van der Waals surface area (Å²) in [4.78, 5) is 44.3. The Morgan fingerprint density at radius 2 is 1.92 bits per heavy atom. The number of anilines is 2. The number of aryl methyl sites for hydroxylation is 1. The van der Waals surface area contributed by atoms with Crippen molar-refractivity contribution in [3.63, 3.8) is 0 Å². The highest BCUT2D eigenvalue weighted by molar-refractivity contribution is 5.97. The van der Waals surface area contributed by atoms with Crippen molar-refractivity contribution in [3.8, 4) is 0 Å². The lowest BCUT2D eigenvalue weighted by molar-refractivity contribution is 0.0917. The lowest BCUT2D eigenvalue weighted by Gasteiger charge is -2.40. The molecule has 1 aromatic carbocycles. The van der Waals surface area contributed by atoms with Crippen LogP contribution in [0.1, 0.15) is 35.7 Å². The number of benzene rings is 1. The zero-order valence-electron chi connectivity index (χ0n) is 21.1. The molecule has 0 unspecified atom stereocenters. The van der Waals surface area contributed by atoms with Crippen LogP contribution < -0.4 is 15.5 Å². The van der Waals surface area contributed by atoms with Crippen molar-refractivity contribution < 1.29 is 9.59 Å². The summed E-state index contributed by atoms with van der Waals surface area (Å²) in [5, 5.41) is 7.15. The molecule has 5 rings (SSSR count). The third-order valence-corrected chi connectivity index (χ3v) is 7.26. The van der Waals surface area contributed by atoms with Crippen LogP contribution in [-0.4, -0.2) is 88.5 Å². The van der Waals surface area contributed by atoms with Crippen LogP contribution in [0, 0.1) is 6.92 Å². The maximum atomic E-state index is 13.1. The van der Waals surface area contributed by atoms with E-state index in [2.05, 4.69) is 42.4 Å². The maximum Gasteiger partial charge on any atom is 0.322 e. The van der Waals surface area contributed by atoms with Crippen molar-refractivity contribution in [3.05, 3.63) is 47.9 Å². The van der Waals surface area contributed by atoms with Crippen molar-refractivity contribution in [2.45, 2.75) is 38.8 Å². The number of rotatable bonds is 4. The van der Waals surface area contributed by atoms with E-state index in [0.29, 0.717) is 30.9 Å². The largest absolute Gasteiger partial charge is 0.352 e. The molecule has 3 aromatic rings. The molecule has 0 aliphatic carbocycles. The molecule has 10 nitrogen and oxygen atoms in total. The molecule has 1 atom stereocenters. The Bertz CT molecular complexity index is 1250. The fourth-order valence-corrected chi connectivity index (χ4v) is 5.14. The zero-order chi connectivity index (χ0) is 25.2. The van der Waals surface area contributed by atoms with Gasteiger partial charge in [-0.25, -0.2) is 14.8 Å². The summed E-state index contributed by atoms with van der Waals surface area (Å²) in [6, 6.07) is 7.16. The predicted molar refractivity (Wildman–Crippen MR) is 140 cm³/mol. The van der Waals surface area contributed by atoms with E-state index in [1.54, 1.807) is 24.5 Å². The highest BCUT2D eigenvalue weighted by Gasteiger charge is 2.29. The molecule has 190 valence electrons. The van der Waals surface area contributed by atoms with Crippen LogP contribution >= 0.6 is 0 Å². The number of nitrogens with zero attached hydrogens (tertiary/aromatic N) is 5. The first-order chi connectivity index (χ1) is 17.4. The summed E-state index contributed by atoms with van der Waals surface area (Å²) in [5.74, 6) is 0.799. The fourth-order valence-electron chi connectivity index (χ4n) is 5.14. The van der Waals surface area contributed by atoms with Crippen molar-refractivity contribution in [1.82, 2.24) is 30.1 Å². The monoisotopic (exact) mass is 490 g/mol. The highest BCUT2D eigenvalue weighted by Crippen LogP contribution is 2.27. The van der Waals surface area contributed by atoms with Gasteiger partial charge in [0.15, 0.2) is 0 Å². The van der Waals surface area contributed by atoms with Crippen molar-refractivity contribution in [1.29, 1.82) is 0 Å². The van der Waals surface area contributed by atoms with Gasteiger partial charge in [-0.05, 0) is 70.6 Å². The van der Waals surface area contributed by atoms with Gasteiger partial charge in [0.05, 0.1) is 5.39 Å². The first-order valence-corrected chi connectivity index (χ1v) is 12.6. The number of carbonyl (C=O) groups is 2. The zero-order valence-corrected chi connectivity index (χ0v) is 21.1. The fraction of sp³-hybridized carbons (Fsp3) is 0.462. The molecule has 3 amide bonds. The SMILES string of the molecule is Cc1c[nH]c2ncnc(N3CCN(C(=O)Nc4cccc(C(=O)NC5CCN(C)CC5)c4)[C@@H](C)C3)c12. The van der Waals surface area contributed by atoms with Crippen LogP contribution in [0.4, 0.5) is 16.3 Å². The molecule has 4 heterocycles. The molecule has 2 aliphatic heterocycles. The van der Waals surface area contributed by atoms with Gasteiger partial charge in [0.25, 0.3) is 5.91 Å². The molecule has 0 radical (unpaired) electrons. The minimum atomic E-state index is -0.166. The van der Waals surface area contributed by atoms with Gasteiger partial charge < -0.3 is 30.3 Å². The summed E-state index contributed by atoms with van der Waals surface area (Å²) in [5.41, 5.74) is 3.10. The van der Waals surface area contributed by atoms with Gasteiger partial charge in [-0.1, -0.05) is 6.07 Å². The van der Waals surface area contributed by atoms with Crippen LogP contribution in [0.2, 0.25) is 0 Å². The molecule has 0 saturated carbocycles. The number of likely N-dealkylation sites (tertiary alicyclic amines) is 1. The van der Waals surface area contributed by atoms with Crippen LogP contribution in [0.25, 0.3) is 11.0 Å². The van der Waals surface area contributed by atoms with E-state index in [4.69, 9.17) is 0 Å². The number of urea groups is 1. The number of H-pyrrole nitrogens is 1. The smallest absolute Gasteiger partial charge is 0.322 e. The van der Waals surface area contributed by atoms with E-state index >= 15 is 0 Å². The second-order valence-corrected chi connectivity index (χ2v) is 9.94. The molecule has 0 bridgehead atoms. The quantitative estimate of drug-likeness (QED) is 0.519. The number of carbonyl (C=O) groups excluding carboxylic acids is 2. The Labute approximate surface area is 211 Å². The predicted octanol–water partition coefficient (Wildman–Crippen LogP) is 2.83. The number of hydrogen-bond donors (Lipinski definition) is 3. The normalized spacial score (nSPS) is 19.5. The standard InChI is InChI=1S/C26H34N8O2/c1-17-14-27-23-22(17)24(29-16-28-23)33-11-12-34(18(2)15-33)26(36)31-21-6-4-5-19(13-21)25(35)30-20-7-9-32(3)10-8-20/h4-6,13-14,16,18,20H,7-12,15H2,1-3H3,(H,30,35)(H,31,36)(H,27,28,29)/t18-/m0/s1. The highest BCUT2D eigenvalue weighted by atomic mass is 16.2. The Morgan fingerprint density at radius 3 is 2.69 bits per heavy atom. The van der Waals surface area contributed by atoms with E-state index in [1.165, 1.54) is 0 Å². The molecular formula is C26H34N8O2. The Balaban J connectivity index is 1.20. The number of aromatic nitrogens is 3. The molecule has 2 aliphatic rings. The second-order valence-electron chi connectivity index (χ2n) is 9.94. The van der Waals surface area contributed by atoms with E-state index in [1.807, 2.05) is 31.0 Å². The average Bonchev–Trinajstić information content (AvgIpc) is 3.26. The van der Waals surface area contributed by atoms with Gasteiger partial charge in [0.1, 0.15) is 17.8 Å². The number of nitrogens with one attached hydrogen (secondary N) is 3. The lowest BCUT2D eigenvalue weighted by atomic mass is 10.0. The minimum absolute atomic E-state index is 0.0149. The van der Waals surface area contributed by atoms with Crippen molar-refractivity contribution >= 4 is 34.5 Å². The Hall–Kier alpha value is -3.66. The van der Waals surface area contributed by atoms with E-state index in [9.17, 15) is 9.59 Å². The molecule has 36 heavy (non-hydrogen) atoms. The number of aromatic amines is 1. The van der Waals surface area contributed by atoms with Crippen LogP contribution in [0.3, 0.4) is 0 Å². The van der Waals surface area contributed by atoms with Gasteiger partial charge in [-0.15, -0.1) is 0 Å². The van der Waals surface area contributed by atoms with Crippen LogP contribution in [-0.2, 0) is 0 Å².